The van der Waals surface area contributed by atoms with Crippen molar-refractivity contribution in [2.45, 2.75) is 51.3 Å². The summed E-state index contributed by atoms with van der Waals surface area (Å²) in [4.78, 5) is 28.4. The molecule has 2 amide bonds. The maximum Gasteiger partial charge on any atom is 0.412 e. The molecule has 1 N–H and O–H groups in total. The molecule has 0 aliphatic carbocycles. The molecule has 2 heterocycles. The Hall–Kier alpha value is -3.35. The van der Waals surface area contributed by atoms with Crippen LogP contribution in [0.25, 0.3) is 10.8 Å². The van der Waals surface area contributed by atoms with Crippen molar-refractivity contribution in [1.82, 2.24) is 14.7 Å². The van der Waals surface area contributed by atoms with Crippen LogP contribution in [0.15, 0.2) is 60.9 Å². The van der Waals surface area contributed by atoms with E-state index in [0.717, 1.165) is 23.6 Å². The highest BCUT2D eigenvalue weighted by Crippen LogP contribution is 2.35. The molecule has 2 aromatic carbocycles. The monoisotopic (exact) mass is 420 g/mol. The quantitative estimate of drug-likeness (QED) is 0.663. The van der Waals surface area contributed by atoms with Crippen LogP contribution in [0.3, 0.4) is 0 Å². The molecular weight excluding hydrogens is 392 g/mol. The molecule has 4 rings (SSSR count). The average molecular weight is 421 g/mol. The number of hydrogen-bond donors (Lipinski definition) is 1. The van der Waals surface area contributed by atoms with E-state index in [-0.39, 0.29) is 5.91 Å². The van der Waals surface area contributed by atoms with Gasteiger partial charge in [0, 0.05) is 31.0 Å². The molecule has 0 radical (unpaired) electrons. The molecular formula is C24H28N4O3. The molecule has 31 heavy (non-hydrogen) atoms. The van der Waals surface area contributed by atoms with Crippen molar-refractivity contribution in [3.05, 3.63) is 60.9 Å². The van der Waals surface area contributed by atoms with Crippen molar-refractivity contribution >= 4 is 28.5 Å². The lowest BCUT2D eigenvalue weighted by atomic mass is 9.94. The molecule has 0 spiro atoms. The number of rotatable bonds is 3. The molecule has 1 fully saturated rings. The number of benzene rings is 2. The summed E-state index contributed by atoms with van der Waals surface area (Å²) >= 11 is 0. The first-order chi connectivity index (χ1) is 14.8. The number of hydrogen-bond acceptors (Lipinski definition) is 4. The number of fused-ring (bicyclic) bond motifs is 1. The summed E-state index contributed by atoms with van der Waals surface area (Å²) < 4.78 is 7.23. The van der Waals surface area contributed by atoms with Gasteiger partial charge in [0.15, 0.2) is 0 Å². The first kappa shape index (κ1) is 20.9. The Kier molecular flexibility index (Phi) is 5.43. The zero-order valence-electron chi connectivity index (χ0n) is 18.2. The van der Waals surface area contributed by atoms with Gasteiger partial charge in [0.05, 0.1) is 0 Å². The highest BCUT2D eigenvalue weighted by Gasteiger charge is 2.51. The SMILES string of the molecule is CC(C)(C)OC(=O)N1CCCCC1(C(=O)Nc1ccc2ccccc2c1)n1cccn1. The summed E-state index contributed by atoms with van der Waals surface area (Å²) in [6.07, 6.45) is 4.87. The van der Waals surface area contributed by atoms with Gasteiger partial charge in [0.2, 0.25) is 5.66 Å². The molecule has 1 unspecified atom stereocenters. The second kappa shape index (κ2) is 8.06. The van der Waals surface area contributed by atoms with Gasteiger partial charge in [-0.3, -0.25) is 9.69 Å². The molecule has 7 nitrogen and oxygen atoms in total. The third kappa shape index (κ3) is 4.13. The molecule has 3 aromatic rings. The van der Waals surface area contributed by atoms with E-state index in [1.807, 2.05) is 63.2 Å². The number of piperidine rings is 1. The maximum absolute atomic E-state index is 13.8. The van der Waals surface area contributed by atoms with Gasteiger partial charge in [-0.05, 0) is 62.6 Å². The molecule has 1 aliphatic heterocycles. The number of ether oxygens (including phenoxy) is 1. The minimum Gasteiger partial charge on any atom is -0.444 e. The zero-order valence-corrected chi connectivity index (χ0v) is 18.2. The fraction of sp³-hybridized carbons (Fsp3) is 0.375. The fourth-order valence-corrected chi connectivity index (χ4v) is 4.08. The van der Waals surface area contributed by atoms with E-state index in [9.17, 15) is 9.59 Å². The van der Waals surface area contributed by atoms with Gasteiger partial charge in [-0.15, -0.1) is 0 Å². The predicted octanol–water partition coefficient (Wildman–Crippen LogP) is 4.75. The Balaban J connectivity index is 1.72. The number of anilines is 1. The molecule has 0 bridgehead atoms. The van der Waals surface area contributed by atoms with E-state index >= 15 is 0 Å². The summed E-state index contributed by atoms with van der Waals surface area (Å²) in [6.45, 7) is 5.87. The van der Waals surface area contributed by atoms with Crippen molar-refractivity contribution in [1.29, 1.82) is 0 Å². The number of carbonyl (C=O) groups is 2. The predicted molar refractivity (Wildman–Crippen MR) is 120 cm³/mol. The number of likely N-dealkylation sites (tertiary alicyclic amines) is 1. The highest BCUT2D eigenvalue weighted by atomic mass is 16.6. The van der Waals surface area contributed by atoms with E-state index in [1.54, 1.807) is 23.1 Å². The van der Waals surface area contributed by atoms with E-state index in [2.05, 4.69) is 10.4 Å². The molecule has 1 saturated heterocycles. The molecule has 1 atom stereocenters. The van der Waals surface area contributed by atoms with Crippen molar-refractivity contribution in [3.63, 3.8) is 0 Å². The average Bonchev–Trinajstić information content (AvgIpc) is 3.27. The Morgan fingerprint density at radius 3 is 2.55 bits per heavy atom. The van der Waals surface area contributed by atoms with Crippen LogP contribution in [0.2, 0.25) is 0 Å². The lowest BCUT2D eigenvalue weighted by Crippen LogP contribution is -2.63. The second-order valence-corrected chi connectivity index (χ2v) is 8.87. The van der Waals surface area contributed by atoms with Crippen LogP contribution in [0, 0.1) is 0 Å². The van der Waals surface area contributed by atoms with Crippen molar-refractivity contribution in [3.8, 4) is 0 Å². The second-order valence-electron chi connectivity index (χ2n) is 8.87. The Morgan fingerprint density at radius 1 is 1.06 bits per heavy atom. The Labute approximate surface area is 182 Å². The largest absolute Gasteiger partial charge is 0.444 e. The number of amides is 2. The van der Waals surface area contributed by atoms with Gasteiger partial charge in [-0.2, -0.15) is 5.10 Å². The number of nitrogens with zero attached hydrogens (tertiary/aromatic N) is 3. The van der Waals surface area contributed by atoms with E-state index in [1.165, 1.54) is 4.90 Å². The minimum absolute atomic E-state index is 0.308. The molecule has 7 heteroatoms. The lowest BCUT2D eigenvalue weighted by Gasteiger charge is -2.45. The van der Waals surface area contributed by atoms with Crippen LogP contribution in [0.5, 0.6) is 0 Å². The van der Waals surface area contributed by atoms with E-state index < -0.39 is 17.4 Å². The third-order valence-electron chi connectivity index (χ3n) is 5.47. The first-order valence-corrected chi connectivity index (χ1v) is 10.6. The van der Waals surface area contributed by atoms with Gasteiger partial charge in [-0.25, -0.2) is 9.48 Å². The first-order valence-electron chi connectivity index (χ1n) is 10.6. The fourth-order valence-electron chi connectivity index (χ4n) is 4.08. The summed E-state index contributed by atoms with van der Waals surface area (Å²) in [5, 5.41) is 9.51. The van der Waals surface area contributed by atoms with Crippen LogP contribution in [0.4, 0.5) is 10.5 Å². The maximum atomic E-state index is 13.8. The normalized spacial score (nSPS) is 19.3. The summed E-state index contributed by atoms with van der Waals surface area (Å²) in [5.74, 6) is -0.308. The van der Waals surface area contributed by atoms with Gasteiger partial charge < -0.3 is 10.1 Å². The minimum atomic E-state index is -1.30. The highest BCUT2D eigenvalue weighted by molar-refractivity contribution is 6.00. The molecule has 1 aliphatic rings. The Bertz CT molecular complexity index is 1090. The third-order valence-corrected chi connectivity index (χ3v) is 5.47. The topological polar surface area (TPSA) is 76.5 Å². The van der Waals surface area contributed by atoms with Crippen LogP contribution in [0.1, 0.15) is 40.0 Å². The molecule has 162 valence electrons. The van der Waals surface area contributed by atoms with Gasteiger partial charge in [0.25, 0.3) is 5.91 Å². The summed E-state index contributed by atoms with van der Waals surface area (Å²) in [5.41, 5.74) is -1.29. The standard InChI is InChI=1S/C24H28N4O3/c1-23(2,3)31-22(30)27-15-7-6-13-24(27,28-16-8-14-25-28)21(29)26-20-12-11-18-9-4-5-10-19(18)17-20/h4-5,8-12,14,16-17H,6-7,13,15H2,1-3H3,(H,26,29). The Morgan fingerprint density at radius 2 is 1.84 bits per heavy atom. The van der Waals surface area contributed by atoms with Crippen molar-refractivity contribution < 1.29 is 14.3 Å². The number of nitrogens with one attached hydrogen (secondary N) is 1. The van der Waals surface area contributed by atoms with Gasteiger partial charge >= 0.3 is 6.09 Å². The van der Waals surface area contributed by atoms with Crippen LogP contribution in [-0.2, 0) is 15.2 Å². The molecule has 1 aromatic heterocycles. The lowest BCUT2D eigenvalue weighted by molar-refractivity contribution is -0.139. The smallest absolute Gasteiger partial charge is 0.412 e. The van der Waals surface area contributed by atoms with E-state index in [4.69, 9.17) is 4.74 Å². The van der Waals surface area contributed by atoms with Gasteiger partial charge in [-0.1, -0.05) is 30.3 Å². The van der Waals surface area contributed by atoms with Crippen LogP contribution < -0.4 is 5.32 Å². The van der Waals surface area contributed by atoms with E-state index in [0.29, 0.717) is 18.7 Å². The van der Waals surface area contributed by atoms with Crippen LogP contribution in [-0.4, -0.2) is 38.8 Å². The zero-order chi connectivity index (χ0) is 22.1. The van der Waals surface area contributed by atoms with Crippen LogP contribution >= 0.6 is 0 Å². The number of aromatic nitrogens is 2. The van der Waals surface area contributed by atoms with Gasteiger partial charge in [0.1, 0.15) is 5.60 Å². The summed E-state index contributed by atoms with van der Waals surface area (Å²) in [7, 11) is 0. The summed E-state index contributed by atoms with van der Waals surface area (Å²) in [6, 6.07) is 15.5. The molecule has 0 saturated carbocycles. The van der Waals surface area contributed by atoms with Crippen molar-refractivity contribution in [2.75, 3.05) is 11.9 Å². The number of carbonyl (C=O) groups excluding carboxylic acids is 2. The van der Waals surface area contributed by atoms with Crippen molar-refractivity contribution in [2.24, 2.45) is 0 Å².